The number of anilines is 3. The quantitative estimate of drug-likeness (QED) is 0.137. The minimum atomic E-state index is -0.720. The lowest BCUT2D eigenvalue weighted by Crippen LogP contribution is -2.67. The minimum absolute atomic E-state index is 0.111. The largest absolute Gasteiger partial charge is 0.312 e. The summed E-state index contributed by atoms with van der Waals surface area (Å²) < 4.78 is 0. The fourth-order valence-corrected chi connectivity index (χ4v) is 16.2. The Morgan fingerprint density at radius 2 is 0.533 bits per heavy atom. The van der Waals surface area contributed by atoms with Crippen LogP contribution in [-0.4, -0.2) is 13.4 Å². The fraction of sp³-hybridized carbons (Fsp3) is 0.103. The number of hydrogen-bond donors (Lipinski definition) is 0. The standard InChI is InChI=1S/C87H67B2N/c1-85(2,3)64-46-48-66-67-49-47-65(86(4,5)6)55-75(67)87(74(66)54-64)72-40-25-42-76-82(72)90-83-73(87)41-26-43-77(83)89(81-70(60-36-21-11-22-37-60)52-63(57-30-15-8-16-31-57)53-71(81)61-38-23-12-24-39-61)79-45-27-44-78(84(79)90)88(76)80-68(58-32-17-9-18-33-58)50-62(56-28-13-7-14-29-56)51-69(80)59-34-19-10-20-35-59/h7-55H,1-6H3. The molecule has 0 amide bonds. The van der Waals surface area contributed by atoms with Crippen molar-refractivity contribution in [3.05, 3.63) is 331 Å². The highest BCUT2D eigenvalue weighted by atomic mass is 15.2. The molecule has 1 spiro atoms. The zero-order valence-corrected chi connectivity index (χ0v) is 51.9. The third-order valence-corrected chi connectivity index (χ3v) is 20.3. The molecule has 4 aliphatic rings. The van der Waals surface area contributed by atoms with Gasteiger partial charge in [-0.05, 0) is 168 Å². The summed E-state index contributed by atoms with van der Waals surface area (Å²) in [5.41, 5.74) is 36.0. The van der Waals surface area contributed by atoms with Crippen molar-refractivity contribution >= 4 is 63.3 Å². The van der Waals surface area contributed by atoms with E-state index in [1.807, 2.05) is 0 Å². The van der Waals surface area contributed by atoms with Gasteiger partial charge >= 0.3 is 0 Å². The third-order valence-electron chi connectivity index (χ3n) is 20.3. The van der Waals surface area contributed by atoms with E-state index in [1.165, 1.54) is 161 Å². The molecule has 3 heterocycles. The molecule has 13 aromatic rings. The van der Waals surface area contributed by atoms with Crippen molar-refractivity contribution in [1.29, 1.82) is 0 Å². The van der Waals surface area contributed by atoms with Gasteiger partial charge < -0.3 is 4.90 Å². The van der Waals surface area contributed by atoms with Crippen LogP contribution in [-0.2, 0) is 16.2 Å². The van der Waals surface area contributed by atoms with Crippen LogP contribution < -0.4 is 37.7 Å². The molecule has 0 aromatic heterocycles. The first-order valence-electron chi connectivity index (χ1n) is 32.1. The molecule has 1 nitrogen and oxygen atoms in total. The molecule has 0 radical (unpaired) electrons. The Morgan fingerprint density at radius 1 is 0.244 bits per heavy atom. The van der Waals surface area contributed by atoms with Crippen LogP contribution in [0, 0.1) is 0 Å². The Labute approximate surface area is 531 Å². The number of para-hydroxylation sites is 3. The van der Waals surface area contributed by atoms with Crippen molar-refractivity contribution in [2.24, 2.45) is 0 Å². The van der Waals surface area contributed by atoms with E-state index in [0.29, 0.717) is 0 Å². The van der Waals surface area contributed by atoms with Crippen molar-refractivity contribution in [3.63, 3.8) is 0 Å². The fourth-order valence-electron chi connectivity index (χ4n) is 16.2. The summed E-state index contributed by atoms with van der Waals surface area (Å²) in [6.45, 7) is 13.8. The van der Waals surface area contributed by atoms with Crippen molar-refractivity contribution < 1.29 is 0 Å². The second-order valence-corrected chi connectivity index (χ2v) is 27.4. The van der Waals surface area contributed by atoms with Crippen LogP contribution in [0.25, 0.3) is 77.9 Å². The van der Waals surface area contributed by atoms with Gasteiger partial charge in [0.1, 0.15) is 0 Å². The Bertz CT molecular complexity index is 4570. The highest BCUT2D eigenvalue weighted by Crippen LogP contribution is 2.64. The predicted octanol–water partition coefficient (Wildman–Crippen LogP) is 18.1. The average Bonchev–Trinajstić information content (AvgIpc) is 1.21. The molecule has 0 atom stereocenters. The Morgan fingerprint density at radius 3 is 0.844 bits per heavy atom. The zero-order chi connectivity index (χ0) is 60.6. The van der Waals surface area contributed by atoms with Gasteiger partial charge in [-0.1, -0.05) is 325 Å². The number of hydrogen-bond acceptors (Lipinski definition) is 1. The van der Waals surface area contributed by atoms with Crippen LogP contribution in [0.1, 0.15) is 74.9 Å². The average molecular weight is 1150 g/mol. The van der Waals surface area contributed by atoms with Crippen molar-refractivity contribution in [2.45, 2.75) is 57.8 Å². The third kappa shape index (κ3) is 8.11. The topological polar surface area (TPSA) is 3.24 Å². The zero-order valence-electron chi connectivity index (χ0n) is 51.9. The maximum atomic E-state index is 2.79. The lowest BCUT2D eigenvalue weighted by atomic mass is 9.28. The Kier molecular flexibility index (Phi) is 12.2. The van der Waals surface area contributed by atoms with Crippen molar-refractivity contribution in [1.82, 2.24) is 0 Å². The van der Waals surface area contributed by atoms with E-state index >= 15 is 0 Å². The second-order valence-electron chi connectivity index (χ2n) is 27.4. The summed E-state index contributed by atoms with van der Waals surface area (Å²) >= 11 is 0. The lowest BCUT2D eigenvalue weighted by molar-refractivity contribution is 0.586. The predicted molar refractivity (Wildman–Crippen MR) is 384 cm³/mol. The summed E-state index contributed by atoms with van der Waals surface area (Å²) in [7, 11) is 0. The summed E-state index contributed by atoms with van der Waals surface area (Å²) in [4.78, 5) is 2.79. The van der Waals surface area contributed by atoms with Crippen LogP contribution in [0.2, 0.25) is 0 Å². The van der Waals surface area contributed by atoms with Gasteiger partial charge in [0.25, 0.3) is 0 Å². The normalized spacial score (nSPS) is 13.7. The first-order valence-corrected chi connectivity index (χ1v) is 32.1. The number of benzene rings is 13. The lowest BCUT2D eigenvalue weighted by Gasteiger charge is -2.53. The van der Waals surface area contributed by atoms with Gasteiger partial charge in [-0.25, -0.2) is 0 Å². The first kappa shape index (κ1) is 54.0. The van der Waals surface area contributed by atoms with Gasteiger partial charge in [0.2, 0.25) is 13.4 Å². The molecule has 13 aromatic carbocycles. The monoisotopic (exact) mass is 1150 g/mol. The molecule has 1 aliphatic carbocycles. The van der Waals surface area contributed by atoms with E-state index in [9.17, 15) is 0 Å². The molecule has 0 N–H and O–H groups in total. The molecular weight excluding hydrogens is 1080 g/mol. The molecule has 426 valence electrons. The van der Waals surface area contributed by atoms with E-state index < -0.39 is 5.41 Å². The van der Waals surface area contributed by atoms with Crippen LogP contribution >= 0.6 is 0 Å². The molecule has 0 saturated carbocycles. The number of fused-ring (bicyclic) bond motifs is 7. The Balaban J connectivity index is 1.08. The van der Waals surface area contributed by atoms with Crippen LogP contribution in [0.5, 0.6) is 0 Å². The molecule has 0 bridgehead atoms. The second kappa shape index (κ2) is 20.4. The van der Waals surface area contributed by atoms with E-state index in [-0.39, 0.29) is 24.3 Å². The van der Waals surface area contributed by atoms with Crippen LogP contribution in [0.15, 0.2) is 297 Å². The van der Waals surface area contributed by atoms with E-state index in [1.54, 1.807) is 0 Å². The molecule has 3 aliphatic heterocycles. The van der Waals surface area contributed by atoms with E-state index in [0.717, 1.165) is 0 Å². The summed E-state index contributed by atoms with van der Waals surface area (Å²) in [6.07, 6.45) is 0. The number of nitrogens with zero attached hydrogens (tertiary/aromatic N) is 1. The summed E-state index contributed by atoms with van der Waals surface area (Å²) in [6, 6.07) is 114. The Hall–Kier alpha value is -10.2. The first-order chi connectivity index (χ1) is 43.9. The van der Waals surface area contributed by atoms with Gasteiger partial charge in [0.05, 0.1) is 5.41 Å². The van der Waals surface area contributed by atoms with E-state index in [4.69, 9.17) is 0 Å². The van der Waals surface area contributed by atoms with Gasteiger partial charge in [0, 0.05) is 17.1 Å². The maximum absolute atomic E-state index is 2.79. The molecule has 0 saturated heterocycles. The summed E-state index contributed by atoms with van der Waals surface area (Å²) in [5.74, 6) is 0. The molecular formula is C87H67B2N. The van der Waals surface area contributed by atoms with Gasteiger partial charge in [0.15, 0.2) is 0 Å². The van der Waals surface area contributed by atoms with Crippen molar-refractivity contribution in [2.75, 3.05) is 4.90 Å². The highest BCUT2D eigenvalue weighted by molar-refractivity contribution is 7.03. The molecule has 3 heteroatoms. The van der Waals surface area contributed by atoms with Gasteiger partial charge in [-0.15, -0.1) is 0 Å². The molecule has 17 rings (SSSR count). The number of rotatable bonds is 8. The molecule has 0 fully saturated rings. The minimum Gasteiger partial charge on any atom is -0.312 e. The van der Waals surface area contributed by atoms with Gasteiger partial charge in [-0.2, -0.15) is 0 Å². The maximum Gasteiger partial charge on any atom is 0.248 e. The highest BCUT2D eigenvalue weighted by Gasteiger charge is 2.58. The van der Waals surface area contributed by atoms with Gasteiger partial charge in [-0.3, -0.25) is 0 Å². The van der Waals surface area contributed by atoms with E-state index in [2.05, 4.69) is 344 Å². The molecule has 90 heavy (non-hydrogen) atoms. The SMILES string of the molecule is CC(C)(C)c1ccc2c(c1)C1(c3cc(C(C)(C)C)ccc3-2)c2cccc3c2N2c4c(cccc4B(c4c(-c5ccccc5)cc(-c5ccccc5)cc4-c4ccccc4)c4cccc1c42)B3c1c(-c2ccccc2)cc(-c2ccccc2)cc1-c1ccccc1. The van der Waals surface area contributed by atoms with Crippen LogP contribution in [0.3, 0.4) is 0 Å². The summed E-state index contributed by atoms with van der Waals surface area (Å²) in [5, 5.41) is 0. The van der Waals surface area contributed by atoms with Crippen molar-refractivity contribution in [3.8, 4) is 77.9 Å². The molecule has 0 unspecified atom stereocenters. The van der Waals surface area contributed by atoms with Crippen LogP contribution in [0.4, 0.5) is 17.1 Å². The smallest absolute Gasteiger partial charge is 0.248 e.